The van der Waals surface area contributed by atoms with Crippen molar-refractivity contribution in [2.24, 2.45) is 5.92 Å². The molecule has 0 saturated heterocycles. The molecule has 2 N–H and O–H groups in total. The smallest absolute Gasteiger partial charge is 0.315 e. The quantitative estimate of drug-likeness (QED) is 0.874. The molecule has 0 radical (unpaired) electrons. The second-order valence-electron chi connectivity index (χ2n) is 6.12. The number of ketones is 1. The maximum Gasteiger partial charge on any atom is 0.315 e. The molecule has 2 aliphatic rings. The molecule has 2 amide bonds. The van der Waals surface area contributed by atoms with Gasteiger partial charge in [-0.3, -0.25) is 4.79 Å². The van der Waals surface area contributed by atoms with E-state index in [-0.39, 0.29) is 23.8 Å². The Morgan fingerprint density at radius 2 is 1.67 bits per heavy atom. The van der Waals surface area contributed by atoms with Crippen molar-refractivity contribution < 1.29 is 9.59 Å². The van der Waals surface area contributed by atoms with E-state index in [0.717, 1.165) is 31.2 Å². The second kappa shape index (κ2) is 6.29. The number of rotatable bonds is 5. The van der Waals surface area contributed by atoms with Crippen LogP contribution in [0.5, 0.6) is 0 Å². The number of nitrogens with one attached hydrogen (secondary N) is 2. The average Bonchev–Trinajstić information content (AvgIpc) is 3.24. The van der Waals surface area contributed by atoms with Crippen molar-refractivity contribution in [2.45, 2.75) is 50.6 Å². The zero-order chi connectivity index (χ0) is 14.7. The fraction of sp³-hybridized carbons (Fsp3) is 0.529. The molecule has 1 aromatic carbocycles. The van der Waals surface area contributed by atoms with E-state index in [2.05, 4.69) is 10.6 Å². The predicted octanol–water partition coefficient (Wildman–Crippen LogP) is 2.95. The molecule has 2 saturated carbocycles. The Balaban J connectivity index is 1.66. The molecule has 1 atom stereocenters. The molecule has 0 unspecified atom stereocenters. The summed E-state index contributed by atoms with van der Waals surface area (Å²) < 4.78 is 0. The molecule has 4 nitrogen and oxygen atoms in total. The van der Waals surface area contributed by atoms with Crippen LogP contribution in [-0.2, 0) is 4.79 Å². The van der Waals surface area contributed by atoms with Gasteiger partial charge in [-0.25, -0.2) is 4.79 Å². The van der Waals surface area contributed by atoms with Crippen LogP contribution in [0.1, 0.15) is 50.1 Å². The lowest BCUT2D eigenvalue weighted by molar-refractivity contribution is -0.122. The summed E-state index contributed by atoms with van der Waals surface area (Å²) in [5.41, 5.74) is 0.871. The number of hydrogen-bond donors (Lipinski definition) is 2. The van der Waals surface area contributed by atoms with Crippen molar-refractivity contribution >= 4 is 11.8 Å². The minimum Gasteiger partial charge on any atom is -0.335 e. The van der Waals surface area contributed by atoms with Gasteiger partial charge in [-0.2, -0.15) is 0 Å². The van der Waals surface area contributed by atoms with Gasteiger partial charge in [0, 0.05) is 12.0 Å². The number of urea groups is 1. The monoisotopic (exact) mass is 286 g/mol. The number of carbonyl (C=O) groups is 2. The summed E-state index contributed by atoms with van der Waals surface area (Å²) in [6, 6.07) is 9.06. The summed E-state index contributed by atoms with van der Waals surface area (Å²) in [4.78, 5) is 24.6. The average molecular weight is 286 g/mol. The molecule has 2 aliphatic carbocycles. The van der Waals surface area contributed by atoms with Crippen molar-refractivity contribution in [3.8, 4) is 0 Å². The second-order valence-corrected chi connectivity index (χ2v) is 6.12. The van der Waals surface area contributed by atoms with Gasteiger partial charge in [0.15, 0.2) is 5.78 Å². The lowest BCUT2D eigenvalue weighted by atomic mass is 10.00. The lowest BCUT2D eigenvalue weighted by Crippen LogP contribution is -2.44. The fourth-order valence-electron chi connectivity index (χ4n) is 3.00. The summed E-state index contributed by atoms with van der Waals surface area (Å²) in [6.45, 7) is 0. The standard InChI is InChI=1S/C17H22N2O2/c20-16(13-10-11-13)15(12-6-2-1-3-7-12)19-17(21)18-14-8-4-5-9-14/h1-3,6-7,13-15H,4-5,8-11H2,(H2,18,19,21)/t15-/m1/s1. The molecule has 0 aromatic heterocycles. The lowest BCUT2D eigenvalue weighted by Gasteiger charge is -2.20. The van der Waals surface area contributed by atoms with E-state index in [0.29, 0.717) is 0 Å². The van der Waals surface area contributed by atoms with Crippen LogP contribution >= 0.6 is 0 Å². The van der Waals surface area contributed by atoms with Gasteiger partial charge in [-0.15, -0.1) is 0 Å². The molecule has 1 aromatic rings. The Morgan fingerprint density at radius 3 is 2.29 bits per heavy atom. The van der Waals surface area contributed by atoms with E-state index < -0.39 is 6.04 Å². The largest absolute Gasteiger partial charge is 0.335 e. The van der Waals surface area contributed by atoms with Crippen LogP contribution in [0.2, 0.25) is 0 Å². The molecule has 0 bridgehead atoms. The summed E-state index contributed by atoms with van der Waals surface area (Å²) in [5.74, 6) is 0.268. The summed E-state index contributed by atoms with van der Waals surface area (Å²) >= 11 is 0. The molecule has 21 heavy (non-hydrogen) atoms. The van der Waals surface area contributed by atoms with E-state index >= 15 is 0 Å². The van der Waals surface area contributed by atoms with Crippen molar-refractivity contribution in [1.29, 1.82) is 0 Å². The fourth-order valence-corrected chi connectivity index (χ4v) is 3.00. The summed E-state index contributed by atoms with van der Waals surface area (Å²) in [7, 11) is 0. The minimum atomic E-state index is -0.514. The van der Waals surface area contributed by atoms with E-state index in [9.17, 15) is 9.59 Å². The van der Waals surface area contributed by atoms with Crippen molar-refractivity contribution in [3.05, 3.63) is 35.9 Å². The Hall–Kier alpha value is -1.84. The van der Waals surface area contributed by atoms with E-state index in [1.165, 1.54) is 12.8 Å². The van der Waals surface area contributed by atoms with Crippen LogP contribution in [0.3, 0.4) is 0 Å². The van der Waals surface area contributed by atoms with Crippen LogP contribution in [0.25, 0.3) is 0 Å². The molecule has 3 rings (SSSR count). The van der Waals surface area contributed by atoms with Crippen LogP contribution in [0.4, 0.5) is 4.79 Å². The zero-order valence-corrected chi connectivity index (χ0v) is 12.2. The van der Waals surface area contributed by atoms with Gasteiger partial charge in [0.25, 0.3) is 0 Å². The first-order valence-corrected chi connectivity index (χ1v) is 7.90. The van der Waals surface area contributed by atoms with Crippen molar-refractivity contribution in [3.63, 3.8) is 0 Å². The minimum absolute atomic E-state index is 0.127. The van der Waals surface area contributed by atoms with Gasteiger partial charge in [0.1, 0.15) is 6.04 Å². The summed E-state index contributed by atoms with van der Waals surface area (Å²) in [5, 5.41) is 5.87. The first kappa shape index (κ1) is 14.1. The topological polar surface area (TPSA) is 58.2 Å². The number of hydrogen-bond acceptors (Lipinski definition) is 2. The Labute approximate surface area is 125 Å². The highest BCUT2D eigenvalue weighted by molar-refractivity contribution is 5.92. The Kier molecular flexibility index (Phi) is 4.23. The molecule has 2 fully saturated rings. The highest BCUT2D eigenvalue weighted by atomic mass is 16.2. The third kappa shape index (κ3) is 3.63. The van der Waals surface area contributed by atoms with Crippen LogP contribution in [0, 0.1) is 5.92 Å². The van der Waals surface area contributed by atoms with Crippen molar-refractivity contribution in [1.82, 2.24) is 10.6 Å². The molecule has 4 heteroatoms. The highest BCUT2D eigenvalue weighted by Crippen LogP contribution is 2.34. The first-order chi connectivity index (χ1) is 10.2. The van der Waals surface area contributed by atoms with Gasteiger partial charge in [0.2, 0.25) is 0 Å². The van der Waals surface area contributed by atoms with Gasteiger partial charge in [-0.05, 0) is 31.2 Å². The number of benzene rings is 1. The van der Waals surface area contributed by atoms with E-state index in [1.807, 2.05) is 30.3 Å². The third-order valence-corrected chi connectivity index (χ3v) is 4.36. The summed E-state index contributed by atoms with van der Waals surface area (Å²) in [6.07, 6.45) is 6.34. The highest BCUT2D eigenvalue weighted by Gasteiger charge is 2.36. The maximum atomic E-state index is 12.4. The maximum absolute atomic E-state index is 12.4. The Bertz CT molecular complexity index is 505. The number of carbonyl (C=O) groups excluding carboxylic acids is 2. The van der Waals surface area contributed by atoms with E-state index in [1.54, 1.807) is 0 Å². The third-order valence-electron chi connectivity index (χ3n) is 4.36. The number of amides is 2. The van der Waals surface area contributed by atoms with Gasteiger partial charge in [0.05, 0.1) is 0 Å². The van der Waals surface area contributed by atoms with Crippen molar-refractivity contribution in [2.75, 3.05) is 0 Å². The predicted molar refractivity (Wildman–Crippen MR) is 80.8 cm³/mol. The van der Waals surface area contributed by atoms with E-state index in [4.69, 9.17) is 0 Å². The van der Waals surface area contributed by atoms with Crippen LogP contribution in [-0.4, -0.2) is 17.9 Å². The first-order valence-electron chi connectivity index (χ1n) is 7.90. The van der Waals surface area contributed by atoms with Gasteiger partial charge >= 0.3 is 6.03 Å². The van der Waals surface area contributed by atoms with Gasteiger partial charge < -0.3 is 10.6 Å². The SMILES string of the molecule is O=C(NC1CCCC1)N[C@@H](C(=O)C1CC1)c1ccccc1. The molecular weight excluding hydrogens is 264 g/mol. The molecular formula is C17H22N2O2. The zero-order valence-electron chi connectivity index (χ0n) is 12.2. The van der Waals surface area contributed by atoms with Crippen LogP contribution < -0.4 is 10.6 Å². The molecule has 0 aliphatic heterocycles. The number of Topliss-reactive ketones (excluding diaryl/α,β-unsaturated/α-hetero) is 1. The molecule has 0 heterocycles. The van der Waals surface area contributed by atoms with Gasteiger partial charge in [-0.1, -0.05) is 43.2 Å². The Morgan fingerprint density at radius 1 is 1.00 bits per heavy atom. The molecule has 0 spiro atoms. The van der Waals surface area contributed by atoms with Crippen LogP contribution in [0.15, 0.2) is 30.3 Å². The molecule has 112 valence electrons. The normalized spacial score (nSPS) is 20.0.